The van der Waals surface area contributed by atoms with Gasteiger partial charge in [-0.05, 0) is 33.6 Å². The second kappa shape index (κ2) is 5.30. The summed E-state index contributed by atoms with van der Waals surface area (Å²) < 4.78 is 5.74. The zero-order chi connectivity index (χ0) is 14.2. The number of aryl methyl sites for hydroxylation is 1. The third-order valence-electron chi connectivity index (χ3n) is 3.94. The molecule has 0 radical (unpaired) electrons. The van der Waals surface area contributed by atoms with Crippen molar-refractivity contribution < 1.29 is 4.74 Å². The van der Waals surface area contributed by atoms with Crippen molar-refractivity contribution in [2.75, 3.05) is 24.6 Å². The lowest BCUT2D eigenvalue weighted by Crippen LogP contribution is -2.49. The van der Waals surface area contributed by atoms with Crippen LogP contribution in [0.1, 0.15) is 37.9 Å². The number of morpholine rings is 1. The molecule has 2 aliphatic rings. The van der Waals surface area contributed by atoms with E-state index in [1.165, 1.54) is 18.4 Å². The van der Waals surface area contributed by atoms with Crippen LogP contribution >= 0.6 is 0 Å². The normalized spacial score (nSPS) is 22.1. The van der Waals surface area contributed by atoms with Gasteiger partial charge in [-0.2, -0.15) is 0 Å². The van der Waals surface area contributed by atoms with Crippen molar-refractivity contribution in [2.45, 2.75) is 51.8 Å². The molecule has 2 heterocycles. The van der Waals surface area contributed by atoms with Crippen LogP contribution in [0.25, 0.3) is 0 Å². The smallest absolute Gasteiger partial charge is 0.225 e. The number of nitrogens with zero attached hydrogens (tertiary/aromatic N) is 3. The van der Waals surface area contributed by atoms with Gasteiger partial charge in [-0.25, -0.2) is 9.97 Å². The first-order valence-corrected chi connectivity index (χ1v) is 7.48. The van der Waals surface area contributed by atoms with Gasteiger partial charge in [0.2, 0.25) is 5.95 Å². The van der Waals surface area contributed by atoms with Crippen molar-refractivity contribution in [3.8, 4) is 0 Å². The van der Waals surface area contributed by atoms with Gasteiger partial charge < -0.3 is 15.0 Å². The van der Waals surface area contributed by atoms with Crippen molar-refractivity contribution in [3.05, 3.63) is 17.5 Å². The Balaban J connectivity index is 1.68. The quantitative estimate of drug-likeness (QED) is 0.906. The zero-order valence-electron chi connectivity index (χ0n) is 12.6. The predicted octanol–water partition coefficient (Wildman–Crippen LogP) is 1.65. The highest BCUT2D eigenvalue weighted by molar-refractivity contribution is 5.34. The molecule has 1 aliphatic heterocycles. The topological polar surface area (TPSA) is 50.3 Å². The number of anilines is 1. The molecule has 0 bridgehead atoms. The Morgan fingerprint density at radius 3 is 2.90 bits per heavy atom. The van der Waals surface area contributed by atoms with Gasteiger partial charge in [0.25, 0.3) is 0 Å². The molecule has 1 aromatic heterocycles. The number of nitrogens with one attached hydrogen (secondary N) is 1. The minimum atomic E-state index is -0.123. The van der Waals surface area contributed by atoms with Gasteiger partial charge in [0.1, 0.15) is 0 Å². The maximum atomic E-state index is 5.74. The highest BCUT2D eigenvalue weighted by atomic mass is 16.5. The first-order valence-electron chi connectivity index (χ1n) is 7.48. The van der Waals surface area contributed by atoms with Gasteiger partial charge in [-0.3, -0.25) is 0 Å². The van der Waals surface area contributed by atoms with Gasteiger partial charge in [0, 0.05) is 43.1 Å². The number of aromatic nitrogens is 2. The maximum Gasteiger partial charge on any atom is 0.225 e. The van der Waals surface area contributed by atoms with Crippen LogP contribution in [0.2, 0.25) is 0 Å². The molecule has 1 aromatic rings. The van der Waals surface area contributed by atoms with Crippen molar-refractivity contribution in [1.29, 1.82) is 0 Å². The monoisotopic (exact) mass is 276 g/mol. The van der Waals surface area contributed by atoms with Crippen molar-refractivity contribution >= 4 is 5.95 Å². The van der Waals surface area contributed by atoms with E-state index < -0.39 is 0 Å². The fraction of sp³-hybridized carbons (Fsp3) is 0.733. The Kier molecular flexibility index (Phi) is 3.65. The minimum absolute atomic E-state index is 0.123. The van der Waals surface area contributed by atoms with Crippen LogP contribution in [0.3, 0.4) is 0 Å². The Labute approximate surface area is 120 Å². The van der Waals surface area contributed by atoms with Crippen LogP contribution in [-0.4, -0.2) is 41.3 Å². The van der Waals surface area contributed by atoms with Crippen molar-refractivity contribution in [1.82, 2.24) is 15.3 Å². The molecule has 20 heavy (non-hydrogen) atoms. The molecule has 3 rings (SSSR count). The van der Waals surface area contributed by atoms with E-state index in [0.717, 1.165) is 37.9 Å². The molecule has 1 saturated heterocycles. The molecule has 1 N–H and O–H groups in total. The van der Waals surface area contributed by atoms with E-state index in [1.54, 1.807) is 0 Å². The molecular weight excluding hydrogens is 252 g/mol. The first kappa shape index (κ1) is 13.8. The van der Waals surface area contributed by atoms with Gasteiger partial charge in [-0.1, -0.05) is 0 Å². The highest BCUT2D eigenvalue weighted by Crippen LogP contribution is 2.22. The number of hydrogen-bond acceptors (Lipinski definition) is 5. The summed E-state index contributed by atoms with van der Waals surface area (Å²) in [6.07, 6.45) is 4.58. The highest BCUT2D eigenvalue weighted by Gasteiger charge is 2.28. The second-order valence-corrected chi connectivity index (χ2v) is 6.47. The summed E-state index contributed by atoms with van der Waals surface area (Å²) in [7, 11) is 0. The first-order chi connectivity index (χ1) is 9.53. The molecule has 5 nitrogen and oxygen atoms in total. The second-order valence-electron chi connectivity index (χ2n) is 6.47. The van der Waals surface area contributed by atoms with Gasteiger partial charge in [-0.15, -0.1) is 0 Å². The van der Waals surface area contributed by atoms with Crippen LogP contribution in [0.4, 0.5) is 5.95 Å². The van der Waals surface area contributed by atoms with E-state index >= 15 is 0 Å². The number of hydrogen-bond donors (Lipinski definition) is 1. The lowest BCUT2D eigenvalue weighted by Gasteiger charge is -2.38. The summed E-state index contributed by atoms with van der Waals surface area (Å²) in [5.74, 6) is 0.828. The molecule has 5 heteroatoms. The summed E-state index contributed by atoms with van der Waals surface area (Å²) in [5, 5.41) is 3.51. The van der Waals surface area contributed by atoms with E-state index in [4.69, 9.17) is 4.74 Å². The van der Waals surface area contributed by atoms with Crippen LogP contribution < -0.4 is 10.2 Å². The third kappa shape index (κ3) is 3.27. The molecule has 0 amide bonds. The molecular formula is C15H24N4O. The molecule has 0 spiro atoms. The van der Waals surface area contributed by atoms with Crippen molar-refractivity contribution in [3.63, 3.8) is 0 Å². The van der Waals surface area contributed by atoms with Crippen LogP contribution in [0.5, 0.6) is 0 Å². The Morgan fingerprint density at radius 2 is 2.25 bits per heavy atom. The average molecular weight is 276 g/mol. The van der Waals surface area contributed by atoms with Gasteiger partial charge in [0.15, 0.2) is 0 Å². The molecule has 2 fully saturated rings. The number of rotatable bonds is 4. The van der Waals surface area contributed by atoms with Crippen LogP contribution in [0.15, 0.2) is 6.20 Å². The van der Waals surface area contributed by atoms with Crippen LogP contribution in [0, 0.1) is 6.92 Å². The van der Waals surface area contributed by atoms with E-state index in [9.17, 15) is 0 Å². The average Bonchev–Trinajstić information content (AvgIpc) is 3.20. The molecule has 110 valence electrons. The van der Waals surface area contributed by atoms with E-state index in [0.29, 0.717) is 6.04 Å². The fourth-order valence-corrected chi connectivity index (χ4v) is 2.53. The van der Waals surface area contributed by atoms with Gasteiger partial charge >= 0.3 is 0 Å². The van der Waals surface area contributed by atoms with E-state index in [2.05, 4.69) is 41.0 Å². The summed E-state index contributed by atoms with van der Waals surface area (Å²) in [5.41, 5.74) is 2.16. The maximum absolute atomic E-state index is 5.74. The lowest BCUT2D eigenvalue weighted by atomic mass is 10.1. The standard InChI is InChI=1S/C15H24N4O/c1-11-12(8-16-13-4-5-13)9-17-14(18-11)19-6-7-20-15(2,3)10-19/h9,13,16H,4-8,10H2,1-3H3. The molecule has 1 aliphatic carbocycles. The van der Waals surface area contributed by atoms with Gasteiger partial charge in [0.05, 0.1) is 12.2 Å². The minimum Gasteiger partial charge on any atom is -0.372 e. The zero-order valence-corrected chi connectivity index (χ0v) is 12.6. The fourth-order valence-electron chi connectivity index (χ4n) is 2.53. The third-order valence-corrected chi connectivity index (χ3v) is 3.94. The van der Waals surface area contributed by atoms with Crippen molar-refractivity contribution in [2.24, 2.45) is 0 Å². The molecule has 1 saturated carbocycles. The van der Waals surface area contributed by atoms with E-state index in [1.807, 2.05) is 6.20 Å². The lowest BCUT2D eigenvalue weighted by molar-refractivity contribution is -0.0281. The largest absolute Gasteiger partial charge is 0.372 e. The Bertz CT molecular complexity index is 485. The molecule has 0 unspecified atom stereocenters. The molecule has 0 aromatic carbocycles. The Morgan fingerprint density at radius 1 is 1.45 bits per heavy atom. The molecule has 0 atom stereocenters. The predicted molar refractivity (Wildman–Crippen MR) is 78.9 cm³/mol. The number of ether oxygens (including phenoxy) is 1. The van der Waals surface area contributed by atoms with E-state index in [-0.39, 0.29) is 5.60 Å². The van der Waals surface area contributed by atoms with Crippen LogP contribution in [-0.2, 0) is 11.3 Å². The Hall–Kier alpha value is -1.20. The summed E-state index contributed by atoms with van der Waals surface area (Å²) in [6.45, 7) is 9.61. The summed E-state index contributed by atoms with van der Waals surface area (Å²) in [6, 6.07) is 0.717. The summed E-state index contributed by atoms with van der Waals surface area (Å²) in [4.78, 5) is 11.4. The SMILES string of the molecule is Cc1nc(N2CCOC(C)(C)C2)ncc1CNC1CC1. The summed E-state index contributed by atoms with van der Waals surface area (Å²) >= 11 is 0.